The molecule has 11 N–H and O–H groups in total. The van der Waals surface area contributed by atoms with Gasteiger partial charge in [0.15, 0.2) is 11.5 Å². The van der Waals surface area contributed by atoms with Gasteiger partial charge in [-0.3, -0.25) is 18.9 Å². The van der Waals surface area contributed by atoms with Gasteiger partial charge in [0.05, 0.1) is 26.4 Å². The van der Waals surface area contributed by atoms with E-state index in [2.05, 4.69) is 56.5 Å². The van der Waals surface area contributed by atoms with E-state index in [0.29, 0.717) is 87.0 Å². The van der Waals surface area contributed by atoms with Crippen LogP contribution in [0.3, 0.4) is 0 Å². The number of unbranched alkanes of at least 4 members (excludes halogenated alkanes) is 1. The summed E-state index contributed by atoms with van der Waals surface area (Å²) in [4.78, 5) is 31.4. The first-order valence-corrected chi connectivity index (χ1v) is 25.0. The van der Waals surface area contributed by atoms with Crippen molar-refractivity contribution < 1.29 is 46.3 Å². The van der Waals surface area contributed by atoms with Gasteiger partial charge in [0.25, 0.3) is 0 Å². The van der Waals surface area contributed by atoms with Gasteiger partial charge < -0.3 is 55.4 Å². The van der Waals surface area contributed by atoms with Gasteiger partial charge in [0.2, 0.25) is 29.7 Å². The highest BCUT2D eigenvalue weighted by molar-refractivity contribution is 7.74. The van der Waals surface area contributed by atoms with Crippen LogP contribution in [0.25, 0.3) is 12.2 Å². The maximum Gasteiger partial charge on any atom is 0.357 e. The molecule has 72 heavy (non-hydrogen) atoms. The summed E-state index contributed by atoms with van der Waals surface area (Å²) in [5, 5.41) is 53.3. The fourth-order valence-electron chi connectivity index (χ4n) is 7.10. The van der Waals surface area contributed by atoms with E-state index in [1.807, 2.05) is 70.5 Å². The summed E-state index contributed by atoms with van der Waals surface area (Å²) < 4.78 is 54.4. The Balaban J connectivity index is 1.21. The van der Waals surface area contributed by atoms with Crippen molar-refractivity contribution in [2.75, 3.05) is 98.8 Å². The number of benzene rings is 4. The molecule has 2 atom stereocenters. The van der Waals surface area contributed by atoms with E-state index in [1.165, 1.54) is 12.1 Å². The molecule has 6 rings (SSSR count). The first kappa shape index (κ1) is 54.6. The Labute approximate surface area is 421 Å². The van der Waals surface area contributed by atoms with Crippen molar-refractivity contribution in [1.82, 2.24) is 39.7 Å². The summed E-state index contributed by atoms with van der Waals surface area (Å²) in [7, 11) is 0. The van der Waals surface area contributed by atoms with Gasteiger partial charge in [-0.2, -0.15) is 38.3 Å². The molecular formula is C47H59N13O10S2. The third kappa shape index (κ3) is 18.8. The van der Waals surface area contributed by atoms with Crippen LogP contribution in [0.15, 0.2) is 97.1 Å². The fourth-order valence-corrected chi connectivity index (χ4v) is 7.70. The quantitative estimate of drug-likeness (QED) is 0.0152. The van der Waals surface area contributed by atoms with Crippen molar-refractivity contribution in [2.45, 2.75) is 25.7 Å². The van der Waals surface area contributed by atoms with Gasteiger partial charge in [0, 0.05) is 85.2 Å². The smallest absolute Gasteiger partial charge is 0.357 e. The van der Waals surface area contributed by atoms with Gasteiger partial charge >= 0.3 is 22.7 Å². The number of hydrogen-bond acceptors (Lipinski definition) is 21. The first-order chi connectivity index (χ1) is 35.1. The van der Waals surface area contributed by atoms with Gasteiger partial charge in [-0.25, -0.2) is 0 Å². The molecule has 25 heteroatoms. The molecule has 0 fully saturated rings. The number of anilines is 9. The Bertz CT molecular complexity index is 2490. The monoisotopic (exact) mass is 1030 g/mol. The molecule has 0 amide bonds. The molecule has 4 aromatic carbocycles. The minimum atomic E-state index is -2.73. The lowest BCUT2D eigenvalue weighted by molar-refractivity contribution is 0.159. The molecule has 23 nitrogen and oxygen atoms in total. The fraction of sp³-hybridized carbons (Fsp3) is 0.319. The van der Waals surface area contributed by atoms with Crippen LogP contribution in [0.2, 0.25) is 0 Å². The van der Waals surface area contributed by atoms with E-state index in [9.17, 15) is 37.9 Å². The third-order valence-corrected chi connectivity index (χ3v) is 11.0. The number of nitrogens with zero attached hydrogens (tertiary/aromatic N) is 8. The van der Waals surface area contributed by atoms with Crippen molar-refractivity contribution in [1.29, 1.82) is 0 Å². The average Bonchev–Trinajstić information content (AvgIpc) is 3.35. The SMILES string of the molecule is O=S(O)Oc1cc(Nc2nc(CCCCN(CCO)CCO)nc(Nc3ccccc3)n2)ccc1/C=C/c1ccc(Nc2nc(NCCCN(CCO)CCO)nc(Nc3ccccc3)n2)cc1OS(=O)O. The van der Waals surface area contributed by atoms with Gasteiger partial charge in [-0.15, -0.1) is 0 Å². The zero-order valence-electron chi connectivity index (χ0n) is 39.2. The molecule has 0 saturated heterocycles. The second-order valence-electron chi connectivity index (χ2n) is 15.7. The average molecular weight is 1030 g/mol. The van der Waals surface area contributed by atoms with Crippen LogP contribution in [-0.4, -0.2) is 150 Å². The standard InChI is InChI=1S/C47H59N13O10S2/c61-28-24-59(25-29-62)22-8-7-14-42-53-44(49-36-10-3-1-4-11-36)57-45(54-42)51-38-19-17-34(40(32-38)69-71(65)66)15-16-35-18-20-39(33-41(35)70-72(67)68)52-47-56-43(48-21-9-23-60(26-30-63)27-31-64)55-46(58-47)50-37-12-5-2-6-13-37/h1-6,10-13,15-20,32-33,61-64H,7-9,14,21-31H2,(H,65,66)(H,67,68)(H2,49,51,53,54,57)(H3,48,50,52,55,56,58)/b16-15+. The Morgan fingerprint density at radius 3 is 1.31 bits per heavy atom. The number of nitrogens with one attached hydrogen (secondary N) is 5. The normalized spacial score (nSPS) is 12.2. The van der Waals surface area contributed by atoms with Crippen LogP contribution in [0.5, 0.6) is 11.5 Å². The minimum absolute atomic E-state index is 0.00242. The van der Waals surface area contributed by atoms with E-state index in [-0.39, 0.29) is 67.7 Å². The van der Waals surface area contributed by atoms with E-state index >= 15 is 0 Å². The molecule has 2 unspecified atom stereocenters. The molecule has 0 aliphatic heterocycles. The molecule has 0 radical (unpaired) electrons. The lowest BCUT2D eigenvalue weighted by Gasteiger charge is -2.20. The Morgan fingerprint density at radius 1 is 0.472 bits per heavy atom. The largest absolute Gasteiger partial charge is 0.395 e. The topological polar surface area (TPSA) is 318 Å². The molecule has 384 valence electrons. The van der Waals surface area contributed by atoms with Crippen molar-refractivity contribution in [2.24, 2.45) is 0 Å². The molecular weight excluding hydrogens is 971 g/mol. The lowest BCUT2D eigenvalue weighted by atomic mass is 10.1. The lowest BCUT2D eigenvalue weighted by Crippen LogP contribution is -2.31. The molecule has 6 aromatic rings. The molecule has 2 heterocycles. The van der Waals surface area contributed by atoms with Crippen molar-refractivity contribution in [3.8, 4) is 11.5 Å². The van der Waals surface area contributed by atoms with E-state index in [1.54, 1.807) is 36.4 Å². The Hall–Kier alpha value is -6.78. The maximum absolute atomic E-state index is 12.0. The van der Waals surface area contributed by atoms with Crippen LogP contribution in [-0.2, 0) is 29.1 Å². The van der Waals surface area contributed by atoms with E-state index in [0.717, 1.165) is 24.2 Å². The minimum Gasteiger partial charge on any atom is -0.395 e. The van der Waals surface area contributed by atoms with E-state index < -0.39 is 22.7 Å². The van der Waals surface area contributed by atoms with Gasteiger partial charge in [-0.05, 0) is 80.9 Å². The van der Waals surface area contributed by atoms with Crippen molar-refractivity contribution in [3.63, 3.8) is 0 Å². The summed E-state index contributed by atoms with van der Waals surface area (Å²) in [6.07, 6.45) is 5.80. The number of rotatable bonds is 32. The Kier molecular flexibility index (Phi) is 22.4. The predicted molar refractivity (Wildman–Crippen MR) is 278 cm³/mol. The van der Waals surface area contributed by atoms with Gasteiger partial charge in [-0.1, -0.05) is 48.6 Å². The highest BCUT2D eigenvalue weighted by atomic mass is 32.2. The summed E-state index contributed by atoms with van der Waals surface area (Å²) in [6, 6.07) is 28.3. The van der Waals surface area contributed by atoms with Crippen molar-refractivity contribution >= 4 is 87.4 Å². The molecule has 0 aliphatic carbocycles. The zero-order chi connectivity index (χ0) is 50.9. The first-order valence-electron chi connectivity index (χ1n) is 23.0. The number of hydrogen-bond donors (Lipinski definition) is 11. The second kappa shape index (κ2) is 29.5. The van der Waals surface area contributed by atoms with Crippen LogP contribution < -0.4 is 35.0 Å². The number of para-hydroxylation sites is 2. The summed E-state index contributed by atoms with van der Waals surface area (Å²) >= 11 is -5.45. The van der Waals surface area contributed by atoms with Gasteiger partial charge in [0.1, 0.15) is 5.82 Å². The van der Waals surface area contributed by atoms with Crippen LogP contribution in [0.1, 0.15) is 36.2 Å². The van der Waals surface area contributed by atoms with E-state index in [4.69, 9.17) is 8.37 Å². The predicted octanol–water partition coefficient (Wildman–Crippen LogP) is 4.93. The van der Waals surface area contributed by atoms with Crippen molar-refractivity contribution in [3.05, 3.63) is 114 Å². The summed E-state index contributed by atoms with van der Waals surface area (Å²) in [6.45, 7) is 3.51. The number of aryl methyl sites for hydroxylation is 1. The van der Waals surface area contributed by atoms with Crippen LogP contribution in [0, 0.1) is 0 Å². The number of aliphatic hydroxyl groups is 4. The summed E-state index contributed by atoms with van der Waals surface area (Å²) in [5.41, 5.74) is 3.01. The maximum atomic E-state index is 12.0. The molecule has 0 bridgehead atoms. The highest BCUT2D eigenvalue weighted by Gasteiger charge is 2.15. The highest BCUT2D eigenvalue weighted by Crippen LogP contribution is 2.31. The number of aliphatic hydroxyl groups excluding tert-OH is 4. The van der Waals surface area contributed by atoms with Crippen LogP contribution in [0.4, 0.5) is 52.5 Å². The zero-order valence-corrected chi connectivity index (χ0v) is 40.8. The van der Waals surface area contributed by atoms with Crippen LogP contribution >= 0.6 is 0 Å². The number of aromatic nitrogens is 6. The molecule has 0 spiro atoms. The molecule has 0 aliphatic rings. The Morgan fingerprint density at radius 2 is 0.875 bits per heavy atom. The third-order valence-electron chi connectivity index (χ3n) is 10.4. The molecule has 0 saturated carbocycles. The summed E-state index contributed by atoms with van der Waals surface area (Å²) in [5.74, 6) is 1.59. The second-order valence-corrected chi connectivity index (χ2v) is 16.9. The molecule has 2 aromatic heterocycles.